The van der Waals surface area contributed by atoms with Crippen LogP contribution in [0.4, 0.5) is 0 Å². The summed E-state index contributed by atoms with van der Waals surface area (Å²) in [5.41, 5.74) is 0.948. The summed E-state index contributed by atoms with van der Waals surface area (Å²) in [6.45, 7) is 3.22. The Labute approximate surface area is 148 Å². The maximum atomic E-state index is 13.0. The minimum Gasteiger partial charge on any atom is -0.454 e. The molecule has 3 rings (SSSR count). The maximum Gasteiger partial charge on any atom is 0.245 e. The second kappa shape index (κ2) is 8.23. The molecule has 0 aliphatic carbocycles. The number of carbonyl (C=O) groups is 2. The van der Waals surface area contributed by atoms with Gasteiger partial charge in [0.2, 0.25) is 18.6 Å². The second-order valence-electron chi connectivity index (χ2n) is 6.74. The van der Waals surface area contributed by atoms with Gasteiger partial charge in [0.15, 0.2) is 11.5 Å². The number of nitrogens with zero attached hydrogens (tertiary/aromatic N) is 1. The van der Waals surface area contributed by atoms with Crippen molar-refractivity contribution in [3.8, 4) is 11.5 Å². The van der Waals surface area contributed by atoms with Gasteiger partial charge in [-0.15, -0.1) is 0 Å². The van der Waals surface area contributed by atoms with Crippen LogP contribution in [-0.4, -0.2) is 42.6 Å². The van der Waals surface area contributed by atoms with Crippen LogP contribution in [0.5, 0.6) is 11.5 Å². The first-order chi connectivity index (χ1) is 12.1. The Hall–Kier alpha value is -2.24. The Kier molecular flexibility index (Phi) is 5.79. The zero-order valence-electron chi connectivity index (χ0n) is 14.8. The summed E-state index contributed by atoms with van der Waals surface area (Å²) in [6, 6.07) is 5.11. The fraction of sp³-hybridized carbons (Fsp3) is 0.579. The Balaban J connectivity index is 1.71. The number of benzene rings is 1. The summed E-state index contributed by atoms with van der Waals surface area (Å²) >= 11 is 0. The van der Waals surface area contributed by atoms with Crippen molar-refractivity contribution < 1.29 is 19.1 Å². The lowest BCUT2D eigenvalue weighted by Crippen LogP contribution is -2.50. The lowest BCUT2D eigenvalue weighted by Gasteiger charge is -2.29. The lowest BCUT2D eigenvalue weighted by molar-refractivity contribution is -0.136. The standard InChI is InChI=1S/C19H26N2O4/c1-14(22)20-16(19(23)21-9-5-3-2-4-6-10-21)11-15-7-8-17-18(12-15)25-13-24-17/h7-8,12,16H,2-6,9-11,13H2,1H3,(H,20,22)/t16-/m1/s1. The molecule has 2 amide bonds. The van der Waals surface area contributed by atoms with Gasteiger partial charge < -0.3 is 19.7 Å². The smallest absolute Gasteiger partial charge is 0.245 e. The van der Waals surface area contributed by atoms with Gasteiger partial charge in [-0.2, -0.15) is 0 Å². The molecule has 2 heterocycles. The van der Waals surface area contributed by atoms with E-state index in [-0.39, 0.29) is 18.6 Å². The number of amides is 2. The number of likely N-dealkylation sites (tertiary alicyclic amines) is 1. The molecule has 1 N–H and O–H groups in total. The van der Waals surface area contributed by atoms with E-state index < -0.39 is 6.04 Å². The highest BCUT2D eigenvalue weighted by Crippen LogP contribution is 2.32. The molecule has 0 spiro atoms. The predicted molar refractivity (Wildman–Crippen MR) is 93.5 cm³/mol. The molecular weight excluding hydrogens is 320 g/mol. The van der Waals surface area contributed by atoms with Gasteiger partial charge in [-0.25, -0.2) is 0 Å². The molecule has 1 aromatic carbocycles. The number of ether oxygens (including phenoxy) is 2. The number of rotatable bonds is 4. The molecule has 6 heteroatoms. The van der Waals surface area contributed by atoms with Gasteiger partial charge in [0.05, 0.1) is 0 Å². The van der Waals surface area contributed by atoms with Crippen LogP contribution in [0.1, 0.15) is 44.6 Å². The normalized spacial score (nSPS) is 18.2. The van der Waals surface area contributed by atoms with Crippen molar-refractivity contribution in [3.63, 3.8) is 0 Å². The monoisotopic (exact) mass is 346 g/mol. The quantitative estimate of drug-likeness (QED) is 0.908. The largest absolute Gasteiger partial charge is 0.454 e. The van der Waals surface area contributed by atoms with Crippen LogP contribution in [-0.2, 0) is 16.0 Å². The highest BCUT2D eigenvalue weighted by molar-refractivity contribution is 5.87. The Morgan fingerprint density at radius 2 is 1.76 bits per heavy atom. The van der Waals surface area contributed by atoms with Crippen molar-refractivity contribution in [2.45, 2.75) is 51.5 Å². The van der Waals surface area contributed by atoms with Crippen LogP contribution in [0.3, 0.4) is 0 Å². The van der Waals surface area contributed by atoms with Gasteiger partial charge in [0, 0.05) is 26.4 Å². The van der Waals surface area contributed by atoms with E-state index in [0.29, 0.717) is 12.2 Å². The van der Waals surface area contributed by atoms with Crippen molar-refractivity contribution >= 4 is 11.8 Å². The van der Waals surface area contributed by atoms with E-state index in [1.54, 1.807) is 0 Å². The van der Waals surface area contributed by atoms with Gasteiger partial charge >= 0.3 is 0 Å². The van der Waals surface area contributed by atoms with E-state index in [2.05, 4.69) is 5.32 Å². The molecule has 6 nitrogen and oxygen atoms in total. The zero-order valence-corrected chi connectivity index (χ0v) is 14.8. The molecule has 0 bridgehead atoms. The Morgan fingerprint density at radius 3 is 2.48 bits per heavy atom. The minimum atomic E-state index is -0.544. The van der Waals surface area contributed by atoms with E-state index in [1.807, 2.05) is 23.1 Å². The van der Waals surface area contributed by atoms with E-state index in [0.717, 1.165) is 50.1 Å². The van der Waals surface area contributed by atoms with Crippen LogP contribution in [0.15, 0.2) is 18.2 Å². The number of fused-ring (bicyclic) bond motifs is 1. The second-order valence-corrected chi connectivity index (χ2v) is 6.74. The van der Waals surface area contributed by atoms with Gasteiger partial charge in [-0.1, -0.05) is 25.3 Å². The molecule has 0 saturated carbocycles. The number of nitrogens with one attached hydrogen (secondary N) is 1. The third-order valence-electron chi connectivity index (χ3n) is 4.72. The molecule has 1 fully saturated rings. The molecule has 2 aliphatic rings. The molecule has 1 atom stereocenters. The average molecular weight is 346 g/mol. The van der Waals surface area contributed by atoms with Crippen LogP contribution in [0, 0.1) is 0 Å². The van der Waals surface area contributed by atoms with Crippen LogP contribution >= 0.6 is 0 Å². The molecule has 0 radical (unpaired) electrons. The fourth-order valence-corrected chi connectivity index (χ4v) is 3.44. The van der Waals surface area contributed by atoms with Crippen LogP contribution < -0.4 is 14.8 Å². The number of hydrogen-bond acceptors (Lipinski definition) is 4. The summed E-state index contributed by atoms with van der Waals surface area (Å²) in [7, 11) is 0. The molecule has 1 saturated heterocycles. The predicted octanol–water partition coefficient (Wildman–Crippen LogP) is 2.26. The molecule has 25 heavy (non-hydrogen) atoms. The van der Waals surface area contributed by atoms with Gasteiger partial charge in [-0.05, 0) is 30.5 Å². The first kappa shape index (κ1) is 17.6. The van der Waals surface area contributed by atoms with Gasteiger partial charge in [-0.3, -0.25) is 9.59 Å². The summed E-state index contributed by atoms with van der Waals surface area (Å²) < 4.78 is 10.7. The zero-order chi connectivity index (χ0) is 17.6. The van der Waals surface area contributed by atoms with E-state index >= 15 is 0 Å². The van der Waals surface area contributed by atoms with Crippen LogP contribution in [0.25, 0.3) is 0 Å². The van der Waals surface area contributed by atoms with Crippen molar-refractivity contribution in [1.82, 2.24) is 10.2 Å². The maximum absolute atomic E-state index is 13.0. The molecule has 0 unspecified atom stereocenters. The summed E-state index contributed by atoms with van der Waals surface area (Å²) in [5, 5.41) is 2.83. The van der Waals surface area contributed by atoms with Gasteiger partial charge in [0.1, 0.15) is 6.04 Å². The summed E-state index contributed by atoms with van der Waals surface area (Å²) in [6.07, 6.45) is 6.08. The first-order valence-electron chi connectivity index (χ1n) is 9.08. The van der Waals surface area contributed by atoms with Crippen LogP contribution in [0.2, 0.25) is 0 Å². The van der Waals surface area contributed by atoms with Crippen molar-refractivity contribution in [2.75, 3.05) is 19.9 Å². The Morgan fingerprint density at radius 1 is 1.08 bits per heavy atom. The molecular formula is C19H26N2O4. The highest BCUT2D eigenvalue weighted by atomic mass is 16.7. The highest BCUT2D eigenvalue weighted by Gasteiger charge is 2.26. The number of carbonyl (C=O) groups excluding carboxylic acids is 2. The van der Waals surface area contributed by atoms with Gasteiger partial charge in [0.25, 0.3) is 0 Å². The van der Waals surface area contributed by atoms with E-state index in [1.165, 1.54) is 13.3 Å². The number of hydrogen-bond donors (Lipinski definition) is 1. The first-order valence-corrected chi connectivity index (χ1v) is 9.08. The minimum absolute atomic E-state index is 0.00904. The Bertz CT molecular complexity index is 624. The summed E-state index contributed by atoms with van der Waals surface area (Å²) in [5.74, 6) is 1.23. The van der Waals surface area contributed by atoms with E-state index in [4.69, 9.17) is 9.47 Å². The summed E-state index contributed by atoms with van der Waals surface area (Å²) in [4.78, 5) is 26.5. The molecule has 136 valence electrons. The fourth-order valence-electron chi connectivity index (χ4n) is 3.44. The lowest BCUT2D eigenvalue weighted by atomic mass is 10.0. The molecule has 0 aromatic heterocycles. The average Bonchev–Trinajstić information content (AvgIpc) is 3.00. The molecule has 2 aliphatic heterocycles. The SMILES string of the molecule is CC(=O)N[C@H](Cc1ccc2c(c1)OCO2)C(=O)N1CCCCCCC1. The van der Waals surface area contributed by atoms with Crippen molar-refractivity contribution in [3.05, 3.63) is 23.8 Å². The van der Waals surface area contributed by atoms with Crippen molar-refractivity contribution in [2.24, 2.45) is 0 Å². The molecule has 1 aromatic rings. The van der Waals surface area contributed by atoms with E-state index in [9.17, 15) is 9.59 Å². The van der Waals surface area contributed by atoms with Crippen molar-refractivity contribution in [1.29, 1.82) is 0 Å². The third kappa shape index (κ3) is 4.65. The topological polar surface area (TPSA) is 67.9 Å². The third-order valence-corrected chi connectivity index (χ3v) is 4.72.